The molecule has 1 fully saturated rings. The number of aromatic hydroxyl groups is 1. The summed E-state index contributed by atoms with van der Waals surface area (Å²) in [6, 6.07) is -4.31. The number of nitrogens with one attached hydrogen (secondary N) is 7. The quantitative estimate of drug-likeness (QED) is 0.0461. The summed E-state index contributed by atoms with van der Waals surface area (Å²) in [6.45, 7) is 11.9. The molecule has 13 N–H and O–H groups in total. The molecule has 1 aliphatic rings. The van der Waals surface area contributed by atoms with Crippen molar-refractivity contribution in [1.29, 1.82) is 0 Å². The van der Waals surface area contributed by atoms with Gasteiger partial charge in [0, 0.05) is 6.54 Å². The summed E-state index contributed by atoms with van der Waals surface area (Å²) in [6.07, 6.45) is 0.892. The van der Waals surface area contributed by atoms with Crippen molar-refractivity contribution in [3.05, 3.63) is 29.8 Å². The van der Waals surface area contributed by atoms with Gasteiger partial charge in [-0.3, -0.25) is 43.2 Å². The summed E-state index contributed by atoms with van der Waals surface area (Å²) in [4.78, 5) is 132. The molecule has 1 aromatic rings. The first-order valence-corrected chi connectivity index (χ1v) is 23.4. The second-order valence-corrected chi connectivity index (χ2v) is 18.0. The Kier molecular flexibility index (Phi) is 24.0. The lowest BCUT2D eigenvalue weighted by Crippen LogP contribution is -2.61. The topological polar surface area (TPSA) is 365 Å². The molecular formula is C46H73N9O14. The first-order valence-electron chi connectivity index (χ1n) is 23.4. The smallest absolute Gasteiger partial charge is 0.326 e. The number of hydrogen-bond donors (Lipinski definition) is 12. The number of carboxylic acid groups (broad SMARTS) is 2. The zero-order valence-electron chi connectivity index (χ0n) is 40.7. The molecule has 0 saturated carbocycles. The lowest BCUT2D eigenvalue weighted by atomic mass is 9.93. The SMILES string of the molecule is CC[C@H](C)[C@H](NC(=O)[C@@H](NC(=O)[C@@H](NC(=O)[C@@H](N)Cc1ccc(O)cc1)[C@@H](C)CC)[C@@H](C)CC)C(=O)NCC(=O)N[C@@H](CC(=O)O)C(=O)N[C@@H](CO)C(=O)N1CCC[C@H]1C(=O)N[C@H](C(=O)O)C(C)C. The number of phenolic OH excluding ortho intramolecular Hbond substituents is 1. The van der Waals surface area contributed by atoms with Crippen LogP contribution in [-0.2, 0) is 54.4 Å². The van der Waals surface area contributed by atoms with Gasteiger partial charge in [0.25, 0.3) is 0 Å². The number of hydrogen-bond acceptors (Lipinski definition) is 13. The third-order valence-electron chi connectivity index (χ3n) is 12.4. The van der Waals surface area contributed by atoms with Gasteiger partial charge in [-0.25, -0.2) is 4.79 Å². The molecule has 11 atom stereocenters. The Morgan fingerprint density at radius 2 is 1.17 bits per heavy atom. The molecule has 0 unspecified atom stereocenters. The molecular weight excluding hydrogens is 903 g/mol. The fourth-order valence-corrected chi connectivity index (χ4v) is 7.46. The van der Waals surface area contributed by atoms with Gasteiger partial charge in [0.15, 0.2) is 0 Å². The summed E-state index contributed by atoms with van der Waals surface area (Å²) in [5, 5.41) is 56.1. The molecule has 8 amide bonds. The minimum atomic E-state index is -1.82. The summed E-state index contributed by atoms with van der Waals surface area (Å²) in [5.41, 5.74) is 6.87. The van der Waals surface area contributed by atoms with Crippen LogP contribution < -0.4 is 43.0 Å². The van der Waals surface area contributed by atoms with Crippen molar-refractivity contribution in [2.45, 2.75) is 149 Å². The van der Waals surface area contributed by atoms with E-state index in [4.69, 9.17) is 5.73 Å². The Balaban J connectivity index is 2.17. The first-order chi connectivity index (χ1) is 32.4. The highest BCUT2D eigenvalue weighted by molar-refractivity contribution is 5.98. The molecule has 386 valence electrons. The van der Waals surface area contributed by atoms with E-state index >= 15 is 0 Å². The van der Waals surface area contributed by atoms with Gasteiger partial charge in [-0.2, -0.15) is 0 Å². The second kappa shape index (κ2) is 28.2. The van der Waals surface area contributed by atoms with Gasteiger partial charge in [-0.15, -0.1) is 0 Å². The number of nitrogens with two attached hydrogens (primary N) is 1. The monoisotopic (exact) mass is 976 g/mol. The lowest BCUT2D eigenvalue weighted by molar-refractivity contribution is -0.146. The van der Waals surface area contributed by atoms with Crippen LogP contribution >= 0.6 is 0 Å². The van der Waals surface area contributed by atoms with Gasteiger partial charge in [0.1, 0.15) is 48.0 Å². The molecule has 1 aromatic carbocycles. The van der Waals surface area contributed by atoms with Crippen LogP contribution in [0.1, 0.15) is 99.5 Å². The van der Waals surface area contributed by atoms with Crippen LogP contribution in [0.3, 0.4) is 0 Å². The molecule has 1 saturated heterocycles. The van der Waals surface area contributed by atoms with Crippen molar-refractivity contribution in [2.24, 2.45) is 29.4 Å². The van der Waals surface area contributed by atoms with Gasteiger partial charge < -0.3 is 68.3 Å². The molecule has 23 heteroatoms. The molecule has 0 spiro atoms. The molecule has 0 aromatic heterocycles. The minimum Gasteiger partial charge on any atom is -0.508 e. The number of amides is 8. The van der Waals surface area contributed by atoms with Crippen LogP contribution in [0.25, 0.3) is 0 Å². The number of likely N-dealkylation sites (tertiary alicyclic amines) is 1. The summed E-state index contributed by atoms with van der Waals surface area (Å²) in [5.74, 6) is -11.4. The predicted octanol–water partition coefficient (Wildman–Crippen LogP) is -1.38. The number of phenols is 1. The zero-order valence-corrected chi connectivity index (χ0v) is 40.7. The average Bonchev–Trinajstić information content (AvgIpc) is 3.81. The van der Waals surface area contributed by atoms with Crippen molar-refractivity contribution in [3.8, 4) is 5.75 Å². The predicted molar refractivity (Wildman–Crippen MR) is 249 cm³/mol. The molecule has 1 heterocycles. The molecule has 1 aliphatic heterocycles. The van der Waals surface area contributed by atoms with Crippen LogP contribution in [0, 0.1) is 23.7 Å². The fourth-order valence-electron chi connectivity index (χ4n) is 7.46. The summed E-state index contributed by atoms with van der Waals surface area (Å²) < 4.78 is 0. The van der Waals surface area contributed by atoms with E-state index in [9.17, 15) is 68.4 Å². The van der Waals surface area contributed by atoms with E-state index in [1.165, 1.54) is 12.1 Å². The second-order valence-electron chi connectivity index (χ2n) is 18.0. The number of aliphatic hydroxyl groups excluding tert-OH is 1. The highest BCUT2D eigenvalue weighted by atomic mass is 16.4. The van der Waals surface area contributed by atoms with Crippen LogP contribution in [0.5, 0.6) is 5.75 Å². The number of aliphatic carboxylic acids is 2. The first kappa shape index (κ1) is 58.8. The number of carbonyl (C=O) groups excluding carboxylic acids is 8. The molecule has 69 heavy (non-hydrogen) atoms. The normalized spacial score (nSPS) is 17.8. The standard InChI is InChI=1S/C46H73N9O14/c1-9-24(6)36(53-44(66)38(26(8)11-3)54-43(65)37(25(7)10-2)52-39(61)29(47)19-27-14-16-28(57)17-15-27)42(64)48-21-33(58)49-30(20-34(59)60)40(62)50-31(22-56)45(67)55-18-12-13-32(55)41(63)51-35(23(4)5)46(68)69/h14-17,23-26,29-32,35-38,56-57H,9-13,18-22,47H2,1-8H3,(H,48,64)(H,49,58)(H,50,62)(H,51,63)(H,52,61)(H,53,66)(H,54,65)(H,59,60)(H,68,69)/t24-,25-,26-,29-,30-,31-,32-,35-,36-,37-,38-/m0/s1. The van der Waals surface area contributed by atoms with Crippen molar-refractivity contribution in [1.82, 2.24) is 42.1 Å². The Labute approximate surface area is 402 Å². The minimum absolute atomic E-state index is 0.0290. The maximum Gasteiger partial charge on any atom is 0.326 e. The van der Waals surface area contributed by atoms with Gasteiger partial charge in [-0.1, -0.05) is 86.8 Å². The van der Waals surface area contributed by atoms with Crippen LogP contribution in [0.2, 0.25) is 0 Å². The fraction of sp³-hybridized carbons (Fsp3) is 0.652. The van der Waals surface area contributed by atoms with Crippen LogP contribution in [0.4, 0.5) is 0 Å². The Morgan fingerprint density at radius 1 is 0.667 bits per heavy atom. The zero-order chi connectivity index (χ0) is 52.3. The highest BCUT2D eigenvalue weighted by Crippen LogP contribution is 2.20. The molecule has 2 rings (SSSR count). The third kappa shape index (κ3) is 17.9. The Morgan fingerprint density at radius 3 is 1.64 bits per heavy atom. The van der Waals surface area contributed by atoms with Gasteiger partial charge in [0.2, 0.25) is 47.3 Å². The van der Waals surface area contributed by atoms with E-state index < -0.39 is 151 Å². The number of carbonyl (C=O) groups is 10. The Bertz CT molecular complexity index is 1970. The number of aliphatic hydroxyl groups is 1. The molecule has 0 aliphatic carbocycles. The van der Waals surface area contributed by atoms with E-state index in [2.05, 4.69) is 37.2 Å². The number of nitrogens with zero attached hydrogens (tertiary/aromatic N) is 1. The van der Waals surface area contributed by atoms with Gasteiger partial charge >= 0.3 is 11.9 Å². The van der Waals surface area contributed by atoms with Crippen molar-refractivity contribution in [3.63, 3.8) is 0 Å². The van der Waals surface area contributed by atoms with Crippen molar-refractivity contribution < 1.29 is 68.4 Å². The number of carboxylic acids is 2. The lowest BCUT2D eigenvalue weighted by Gasteiger charge is -2.31. The van der Waals surface area contributed by atoms with E-state index in [0.717, 1.165) is 4.90 Å². The van der Waals surface area contributed by atoms with E-state index in [1.54, 1.807) is 60.6 Å². The number of rotatable bonds is 28. The number of benzene rings is 1. The van der Waals surface area contributed by atoms with E-state index in [1.807, 2.05) is 6.92 Å². The average molecular weight is 976 g/mol. The molecule has 0 radical (unpaired) electrons. The maximum absolute atomic E-state index is 14.0. The van der Waals surface area contributed by atoms with Gasteiger partial charge in [-0.05, 0) is 60.6 Å². The molecule has 23 nitrogen and oxygen atoms in total. The Hall–Kier alpha value is -6.36. The summed E-state index contributed by atoms with van der Waals surface area (Å²) in [7, 11) is 0. The van der Waals surface area contributed by atoms with E-state index in [0.29, 0.717) is 31.2 Å². The highest BCUT2D eigenvalue weighted by Gasteiger charge is 2.40. The maximum atomic E-state index is 14.0. The molecule has 0 bridgehead atoms. The van der Waals surface area contributed by atoms with Crippen LogP contribution in [-0.4, -0.2) is 153 Å². The van der Waals surface area contributed by atoms with Crippen molar-refractivity contribution in [2.75, 3.05) is 19.7 Å². The van der Waals surface area contributed by atoms with E-state index in [-0.39, 0.29) is 25.1 Å². The van der Waals surface area contributed by atoms with Crippen molar-refractivity contribution >= 4 is 59.2 Å². The van der Waals surface area contributed by atoms with Crippen LogP contribution in [0.15, 0.2) is 24.3 Å². The van der Waals surface area contributed by atoms with Gasteiger partial charge in [0.05, 0.1) is 25.6 Å². The third-order valence-corrected chi connectivity index (χ3v) is 12.4. The summed E-state index contributed by atoms with van der Waals surface area (Å²) >= 11 is 0. The largest absolute Gasteiger partial charge is 0.508 e.